The topological polar surface area (TPSA) is 61.7 Å². The molecule has 0 unspecified atom stereocenters. The average Bonchev–Trinajstić information content (AvgIpc) is 2.58. The van der Waals surface area contributed by atoms with E-state index in [4.69, 9.17) is 0 Å². The Labute approximate surface area is 124 Å². The molecule has 0 amide bonds. The highest BCUT2D eigenvalue weighted by molar-refractivity contribution is 6.05. The summed E-state index contributed by atoms with van der Waals surface area (Å²) in [5, 5.41) is 8.51. The van der Waals surface area contributed by atoms with Crippen molar-refractivity contribution in [2.24, 2.45) is 10.2 Å². The lowest BCUT2D eigenvalue weighted by atomic mass is 10.1. The van der Waals surface area contributed by atoms with Crippen LogP contribution in [0.3, 0.4) is 0 Å². The number of benzene rings is 1. The molecule has 5 heteroatoms. The number of hydrazone groups is 2. The fourth-order valence-electron chi connectivity index (χ4n) is 1.73. The largest absolute Gasteiger partial charge is 0.257 e. The van der Waals surface area contributed by atoms with Gasteiger partial charge < -0.3 is 0 Å². The number of hydrogen-bond acceptors (Lipinski definition) is 5. The highest BCUT2D eigenvalue weighted by Gasteiger charge is 2.11. The van der Waals surface area contributed by atoms with Crippen LogP contribution >= 0.6 is 0 Å². The van der Waals surface area contributed by atoms with E-state index >= 15 is 0 Å². The van der Waals surface area contributed by atoms with Crippen molar-refractivity contribution in [1.82, 2.24) is 15.8 Å². The normalized spacial score (nSPS) is 12.9. The molecule has 1 aliphatic heterocycles. The van der Waals surface area contributed by atoms with E-state index in [0.29, 0.717) is 11.7 Å². The third-order valence-electron chi connectivity index (χ3n) is 2.78. The van der Waals surface area contributed by atoms with Crippen LogP contribution in [0.15, 0.2) is 58.9 Å². The molecule has 3 rings (SSSR count). The van der Waals surface area contributed by atoms with Crippen LogP contribution in [0.25, 0.3) is 0 Å². The zero-order chi connectivity index (χ0) is 15.1. The lowest BCUT2D eigenvalue weighted by molar-refractivity contribution is 0.878. The second kappa shape index (κ2) is 7.19. The SMILES string of the molecule is CC.Cc1ccc(C2=NNC(c3ccccn3)=NN2)cc1. The first-order valence-corrected chi connectivity index (χ1v) is 6.99. The molecule has 0 saturated carbocycles. The van der Waals surface area contributed by atoms with Gasteiger partial charge in [0.15, 0.2) is 11.7 Å². The Morgan fingerprint density at radius 3 is 2.05 bits per heavy atom. The second-order valence-corrected chi connectivity index (χ2v) is 4.23. The molecule has 21 heavy (non-hydrogen) atoms. The third-order valence-corrected chi connectivity index (χ3v) is 2.78. The molecule has 0 atom stereocenters. The van der Waals surface area contributed by atoms with E-state index in [1.807, 2.05) is 56.3 Å². The highest BCUT2D eigenvalue weighted by atomic mass is 15.5. The number of aromatic nitrogens is 1. The van der Waals surface area contributed by atoms with E-state index in [1.165, 1.54) is 5.56 Å². The first-order chi connectivity index (χ1) is 10.3. The van der Waals surface area contributed by atoms with E-state index in [-0.39, 0.29) is 0 Å². The molecule has 0 radical (unpaired) electrons. The van der Waals surface area contributed by atoms with E-state index in [0.717, 1.165) is 11.3 Å². The molecule has 0 fully saturated rings. The molecule has 2 heterocycles. The van der Waals surface area contributed by atoms with Crippen molar-refractivity contribution in [3.8, 4) is 0 Å². The van der Waals surface area contributed by atoms with Gasteiger partial charge in [-0.05, 0) is 19.1 Å². The summed E-state index contributed by atoms with van der Waals surface area (Å²) in [5.41, 5.74) is 8.80. The maximum Gasteiger partial charge on any atom is 0.192 e. The van der Waals surface area contributed by atoms with Crippen LogP contribution in [0.2, 0.25) is 0 Å². The zero-order valence-electron chi connectivity index (χ0n) is 12.5. The maximum absolute atomic E-state index is 4.27. The number of rotatable bonds is 2. The van der Waals surface area contributed by atoms with Gasteiger partial charge in [0, 0.05) is 11.8 Å². The monoisotopic (exact) mass is 281 g/mol. The summed E-state index contributed by atoms with van der Waals surface area (Å²) in [7, 11) is 0. The van der Waals surface area contributed by atoms with E-state index in [1.54, 1.807) is 6.20 Å². The standard InChI is InChI=1S/C14H13N5.C2H6/c1-10-5-7-11(8-6-10)13-16-18-14(19-17-13)12-4-2-3-9-15-12;1-2/h2-9H,1H3,(H,16,17)(H,18,19);1-2H3. The van der Waals surface area contributed by atoms with E-state index < -0.39 is 0 Å². The summed E-state index contributed by atoms with van der Waals surface area (Å²) in [6.45, 7) is 6.05. The summed E-state index contributed by atoms with van der Waals surface area (Å²) in [6, 6.07) is 13.7. The molecular weight excluding hydrogens is 262 g/mol. The van der Waals surface area contributed by atoms with Crippen LogP contribution in [0.1, 0.15) is 30.7 Å². The maximum atomic E-state index is 4.27. The lowest BCUT2D eigenvalue weighted by Crippen LogP contribution is -2.34. The van der Waals surface area contributed by atoms with Gasteiger partial charge in [-0.15, -0.1) is 0 Å². The summed E-state index contributed by atoms with van der Waals surface area (Å²) in [6.07, 6.45) is 1.72. The second-order valence-electron chi connectivity index (χ2n) is 4.23. The molecule has 0 saturated heterocycles. The predicted octanol–water partition coefficient (Wildman–Crippen LogP) is 2.63. The number of hydrogen-bond donors (Lipinski definition) is 2. The van der Waals surface area contributed by atoms with Crippen LogP contribution in [-0.2, 0) is 0 Å². The third kappa shape index (κ3) is 3.66. The van der Waals surface area contributed by atoms with Crippen LogP contribution in [0.4, 0.5) is 0 Å². The average molecular weight is 281 g/mol. The van der Waals surface area contributed by atoms with Gasteiger partial charge in [0.2, 0.25) is 0 Å². The van der Waals surface area contributed by atoms with Gasteiger partial charge in [-0.25, -0.2) is 0 Å². The summed E-state index contributed by atoms with van der Waals surface area (Å²) < 4.78 is 0. The minimum atomic E-state index is 0.608. The molecule has 1 aliphatic rings. The number of nitrogens with zero attached hydrogens (tertiary/aromatic N) is 3. The molecule has 0 bridgehead atoms. The fourth-order valence-corrected chi connectivity index (χ4v) is 1.73. The van der Waals surface area contributed by atoms with Gasteiger partial charge in [-0.3, -0.25) is 15.8 Å². The molecule has 0 aliphatic carbocycles. The molecule has 1 aromatic carbocycles. The van der Waals surface area contributed by atoms with Gasteiger partial charge in [-0.2, -0.15) is 10.2 Å². The van der Waals surface area contributed by atoms with Crippen molar-refractivity contribution in [2.75, 3.05) is 0 Å². The van der Waals surface area contributed by atoms with Crippen molar-refractivity contribution >= 4 is 11.7 Å². The summed E-state index contributed by atoms with van der Waals surface area (Å²) in [4.78, 5) is 4.21. The quantitative estimate of drug-likeness (QED) is 0.889. The van der Waals surface area contributed by atoms with Crippen molar-refractivity contribution in [1.29, 1.82) is 0 Å². The highest BCUT2D eigenvalue weighted by Crippen LogP contribution is 2.05. The number of amidine groups is 2. The van der Waals surface area contributed by atoms with Crippen LogP contribution in [-0.4, -0.2) is 16.7 Å². The first-order valence-electron chi connectivity index (χ1n) is 6.99. The Morgan fingerprint density at radius 1 is 0.810 bits per heavy atom. The number of aryl methyl sites for hydroxylation is 1. The van der Waals surface area contributed by atoms with Crippen molar-refractivity contribution < 1.29 is 0 Å². The molecule has 5 nitrogen and oxygen atoms in total. The fraction of sp³-hybridized carbons (Fsp3) is 0.188. The van der Waals surface area contributed by atoms with Gasteiger partial charge in [0.25, 0.3) is 0 Å². The number of pyridine rings is 1. The zero-order valence-corrected chi connectivity index (χ0v) is 12.5. The Bertz CT molecular complexity index is 629. The lowest BCUT2D eigenvalue weighted by Gasteiger charge is -2.14. The summed E-state index contributed by atoms with van der Waals surface area (Å²) in [5.74, 6) is 1.30. The van der Waals surface area contributed by atoms with Gasteiger partial charge in [-0.1, -0.05) is 49.7 Å². The van der Waals surface area contributed by atoms with Gasteiger partial charge >= 0.3 is 0 Å². The molecule has 1 aromatic heterocycles. The Morgan fingerprint density at radius 2 is 1.48 bits per heavy atom. The smallest absolute Gasteiger partial charge is 0.192 e. The minimum Gasteiger partial charge on any atom is -0.257 e. The van der Waals surface area contributed by atoms with Gasteiger partial charge in [0.05, 0.1) is 0 Å². The summed E-state index contributed by atoms with van der Waals surface area (Å²) >= 11 is 0. The van der Waals surface area contributed by atoms with Crippen molar-refractivity contribution in [2.45, 2.75) is 20.8 Å². The minimum absolute atomic E-state index is 0.608. The molecule has 2 aromatic rings. The van der Waals surface area contributed by atoms with Crippen LogP contribution in [0.5, 0.6) is 0 Å². The Balaban J connectivity index is 0.000000774. The number of nitrogens with one attached hydrogen (secondary N) is 2. The molecule has 108 valence electrons. The van der Waals surface area contributed by atoms with E-state index in [9.17, 15) is 0 Å². The molecular formula is C16H19N5. The molecule has 2 N–H and O–H groups in total. The predicted molar refractivity (Wildman–Crippen MR) is 86.1 cm³/mol. The Kier molecular flexibility index (Phi) is 5.04. The van der Waals surface area contributed by atoms with E-state index in [2.05, 4.69) is 33.0 Å². The van der Waals surface area contributed by atoms with Crippen LogP contribution < -0.4 is 10.9 Å². The van der Waals surface area contributed by atoms with Crippen molar-refractivity contribution in [3.05, 3.63) is 65.5 Å². The van der Waals surface area contributed by atoms with Crippen LogP contribution in [0, 0.1) is 6.92 Å². The molecule has 0 spiro atoms. The van der Waals surface area contributed by atoms with Gasteiger partial charge in [0.1, 0.15) is 5.69 Å². The van der Waals surface area contributed by atoms with Crippen molar-refractivity contribution in [3.63, 3.8) is 0 Å². The Hall–Kier alpha value is -2.69. The first kappa shape index (κ1) is 14.7.